The molecule has 3 nitrogen and oxygen atoms in total. The van der Waals surface area contributed by atoms with Gasteiger partial charge in [-0.15, -0.1) is 0 Å². The Morgan fingerprint density at radius 1 is 0.700 bits per heavy atom. The molecule has 100 valence electrons. The minimum Gasteiger partial charge on any atom is -0.508 e. The van der Waals surface area contributed by atoms with Crippen molar-refractivity contribution in [2.75, 3.05) is 0 Å². The first-order valence-corrected chi connectivity index (χ1v) is 6.35. The maximum Gasteiger partial charge on any atom is 0.127 e. The third-order valence-corrected chi connectivity index (χ3v) is 3.39. The van der Waals surface area contributed by atoms with Crippen LogP contribution in [0.1, 0.15) is 11.1 Å². The zero-order chi connectivity index (χ0) is 14.1. The Morgan fingerprint density at radius 2 is 1.35 bits per heavy atom. The van der Waals surface area contributed by atoms with Crippen molar-refractivity contribution >= 4 is 10.8 Å². The van der Waals surface area contributed by atoms with E-state index in [0.29, 0.717) is 11.8 Å². The van der Waals surface area contributed by atoms with Crippen LogP contribution in [0.15, 0.2) is 54.6 Å². The highest BCUT2D eigenvalue weighted by Gasteiger charge is 2.08. The van der Waals surface area contributed by atoms with E-state index < -0.39 is 0 Å². The molecular formula is C17H14O3. The maximum absolute atomic E-state index is 10.3. The molecule has 0 amide bonds. The Labute approximate surface area is 116 Å². The van der Waals surface area contributed by atoms with Crippen molar-refractivity contribution in [1.29, 1.82) is 0 Å². The smallest absolute Gasteiger partial charge is 0.127 e. The summed E-state index contributed by atoms with van der Waals surface area (Å²) in [6.07, 6.45) is 0.567. The summed E-state index contributed by atoms with van der Waals surface area (Å²) in [7, 11) is 0. The molecule has 0 atom stereocenters. The molecular weight excluding hydrogens is 252 g/mol. The molecule has 0 unspecified atom stereocenters. The van der Waals surface area contributed by atoms with E-state index in [4.69, 9.17) is 0 Å². The normalized spacial score (nSPS) is 10.8. The summed E-state index contributed by atoms with van der Waals surface area (Å²) in [6, 6.07) is 15.6. The number of rotatable bonds is 2. The molecule has 0 heterocycles. The van der Waals surface area contributed by atoms with Crippen molar-refractivity contribution < 1.29 is 15.3 Å². The molecule has 0 spiro atoms. The lowest BCUT2D eigenvalue weighted by Crippen LogP contribution is -1.89. The molecule has 0 aromatic heterocycles. The lowest BCUT2D eigenvalue weighted by Gasteiger charge is -2.09. The van der Waals surface area contributed by atoms with Gasteiger partial charge in [0.1, 0.15) is 17.2 Å². The van der Waals surface area contributed by atoms with Crippen LogP contribution in [-0.2, 0) is 6.42 Å². The van der Waals surface area contributed by atoms with Crippen LogP contribution in [0.4, 0.5) is 0 Å². The summed E-state index contributed by atoms with van der Waals surface area (Å²) >= 11 is 0. The van der Waals surface area contributed by atoms with Crippen molar-refractivity contribution in [3.05, 3.63) is 65.7 Å². The van der Waals surface area contributed by atoms with Crippen molar-refractivity contribution in [2.45, 2.75) is 6.42 Å². The van der Waals surface area contributed by atoms with Gasteiger partial charge in [0, 0.05) is 11.8 Å². The molecule has 0 saturated heterocycles. The van der Waals surface area contributed by atoms with Crippen LogP contribution < -0.4 is 0 Å². The summed E-state index contributed by atoms with van der Waals surface area (Å²) in [5, 5.41) is 30.7. The predicted molar refractivity (Wildman–Crippen MR) is 78.2 cm³/mol. The molecule has 0 aliphatic heterocycles. The van der Waals surface area contributed by atoms with Crippen LogP contribution >= 0.6 is 0 Å². The molecule has 3 aromatic carbocycles. The summed E-state index contributed by atoms with van der Waals surface area (Å²) in [4.78, 5) is 0. The first-order valence-electron chi connectivity index (χ1n) is 6.35. The summed E-state index contributed by atoms with van der Waals surface area (Å²) in [6.45, 7) is 0. The Kier molecular flexibility index (Phi) is 2.95. The number of hydrogen-bond acceptors (Lipinski definition) is 3. The standard InChI is InChI=1S/C17H14O3/c18-14-6-1-11(2-7-14)9-13-4-3-12-5-8-15(19)10-16(12)17(13)20/h1-8,10,18-20H,9H2. The summed E-state index contributed by atoms with van der Waals surface area (Å²) in [5.74, 6) is 0.544. The molecule has 0 fully saturated rings. The summed E-state index contributed by atoms with van der Waals surface area (Å²) in [5.41, 5.74) is 1.78. The quantitative estimate of drug-likeness (QED) is 0.664. The van der Waals surface area contributed by atoms with Crippen molar-refractivity contribution in [3.63, 3.8) is 0 Å². The highest BCUT2D eigenvalue weighted by Crippen LogP contribution is 2.32. The number of phenols is 3. The number of benzene rings is 3. The SMILES string of the molecule is Oc1ccc(Cc2ccc3ccc(O)cc3c2O)cc1. The van der Waals surface area contributed by atoms with Gasteiger partial charge in [0.25, 0.3) is 0 Å². The molecule has 0 radical (unpaired) electrons. The Morgan fingerprint density at radius 3 is 2.10 bits per heavy atom. The minimum absolute atomic E-state index is 0.134. The van der Waals surface area contributed by atoms with E-state index in [9.17, 15) is 15.3 Å². The Bertz CT molecular complexity index is 761. The third-order valence-electron chi connectivity index (χ3n) is 3.39. The van der Waals surface area contributed by atoms with E-state index in [1.807, 2.05) is 24.3 Å². The molecule has 0 saturated carbocycles. The lowest BCUT2D eigenvalue weighted by molar-refractivity contribution is 0.469. The molecule has 3 N–H and O–H groups in total. The number of fused-ring (bicyclic) bond motifs is 1. The highest BCUT2D eigenvalue weighted by molar-refractivity contribution is 5.90. The van der Waals surface area contributed by atoms with Crippen molar-refractivity contribution in [3.8, 4) is 17.2 Å². The van der Waals surface area contributed by atoms with Gasteiger partial charge in [-0.2, -0.15) is 0 Å². The Hall–Kier alpha value is -2.68. The first kappa shape index (κ1) is 12.4. The van der Waals surface area contributed by atoms with Crippen LogP contribution in [0.2, 0.25) is 0 Å². The molecule has 3 rings (SSSR count). The second-order valence-electron chi connectivity index (χ2n) is 4.82. The molecule has 3 aromatic rings. The van der Waals surface area contributed by atoms with Crippen LogP contribution in [0.5, 0.6) is 17.2 Å². The van der Waals surface area contributed by atoms with Crippen molar-refractivity contribution in [1.82, 2.24) is 0 Å². The molecule has 0 bridgehead atoms. The van der Waals surface area contributed by atoms with E-state index in [2.05, 4.69) is 0 Å². The average Bonchev–Trinajstić information content (AvgIpc) is 2.45. The average molecular weight is 266 g/mol. The fourth-order valence-electron chi connectivity index (χ4n) is 2.31. The van der Waals surface area contributed by atoms with E-state index in [1.54, 1.807) is 30.3 Å². The number of aromatic hydroxyl groups is 3. The number of phenolic OH excluding ortho intramolecular Hbond substituents is 3. The van der Waals surface area contributed by atoms with Gasteiger partial charge in [-0.1, -0.05) is 30.3 Å². The zero-order valence-electron chi connectivity index (χ0n) is 10.7. The molecule has 0 aliphatic rings. The maximum atomic E-state index is 10.3. The third kappa shape index (κ3) is 2.26. The summed E-state index contributed by atoms with van der Waals surface area (Å²) < 4.78 is 0. The van der Waals surface area contributed by atoms with Crippen LogP contribution in [0, 0.1) is 0 Å². The van der Waals surface area contributed by atoms with Gasteiger partial charge in [-0.05, 0) is 40.8 Å². The van der Waals surface area contributed by atoms with Crippen LogP contribution in [0.25, 0.3) is 10.8 Å². The monoisotopic (exact) mass is 266 g/mol. The van der Waals surface area contributed by atoms with Gasteiger partial charge >= 0.3 is 0 Å². The second-order valence-corrected chi connectivity index (χ2v) is 4.82. The predicted octanol–water partition coefficient (Wildman–Crippen LogP) is 3.55. The van der Waals surface area contributed by atoms with Gasteiger partial charge in [-0.3, -0.25) is 0 Å². The second kappa shape index (κ2) is 4.78. The van der Waals surface area contributed by atoms with Gasteiger partial charge in [0.15, 0.2) is 0 Å². The van der Waals surface area contributed by atoms with Crippen LogP contribution in [0.3, 0.4) is 0 Å². The highest BCUT2D eigenvalue weighted by atomic mass is 16.3. The van der Waals surface area contributed by atoms with Gasteiger partial charge < -0.3 is 15.3 Å². The van der Waals surface area contributed by atoms with E-state index in [-0.39, 0.29) is 17.2 Å². The first-order chi connectivity index (χ1) is 9.63. The number of hydrogen-bond donors (Lipinski definition) is 3. The fourth-order valence-corrected chi connectivity index (χ4v) is 2.31. The minimum atomic E-state index is 0.134. The largest absolute Gasteiger partial charge is 0.508 e. The van der Waals surface area contributed by atoms with Gasteiger partial charge in [-0.25, -0.2) is 0 Å². The van der Waals surface area contributed by atoms with Gasteiger partial charge in [0.05, 0.1) is 0 Å². The molecule has 3 heteroatoms. The Balaban J connectivity index is 2.03. The van der Waals surface area contributed by atoms with E-state index in [1.165, 1.54) is 0 Å². The van der Waals surface area contributed by atoms with Crippen molar-refractivity contribution in [2.24, 2.45) is 0 Å². The zero-order valence-corrected chi connectivity index (χ0v) is 10.7. The lowest BCUT2D eigenvalue weighted by atomic mass is 9.99. The van der Waals surface area contributed by atoms with E-state index in [0.717, 1.165) is 16.5 Å². The van der Waals surface area contributed by atoms with Gasteiger partial charge in [0.2, 0.25) is 0 Å². The van der Waals surface area contributed by atoms with Crippen LogP contribution in [-0.4, -0.2) is 15.3 Å². The molecule has 0 aliphatic carbocycles. The fraction of sp³-hybridized carbons (Fsp3) is 0.0588. The van der Waals surface area contributed by atoms with E-state index >= 15 is 0 Å². The topological polar surface area (TPSA) is 60.7 Å². The molecule has 20 heavy (non-hydrogen) atoms.